The molecule has 0 aliphatic heterocycles. The largest absolute Gasteiger partial charge is 0.500 e. The van der Waals surface area contributed by atoms with Gasteiger partial charge in [0, 0.05) is 38.5 Å². The second-order valence-electron chi connectivity index (χ2n) is 7.84. The van der Waals surface area contributed by atoms with Crippen LogP contribution >= 0.6 is 0 Å². The smallest absolute Gasteiger partial charge is 0.497 e. The van der Waals surface area contributed by atoms with Gasteiger partial charge in [-0.3, -0.25) is 0 Å². The maximum absolute atomic E-state index is 11.9. The highest BCUT2D eigenvalue weighted by Crippen LogP contribution is 2.18. The van der Waals surface area contributed by atoms with Crippen molar-refractivity contribution in [3.8, 4) is 5.75 Å². The third-order valence-electron chi connectivity index (χ3n) is 5.07. The first-order valence-electron chi connectivity index (χ1n) is 12.8. The van der Waals surface area contributed by atoms with Gasteiger partial charge in [-0.1, -0.05) is 12.1 Å². The Bertz CT molecular complexity index is 740. The fourth-order valence-corrected chi connectivity index (χ4v) is 5.98. The SMILES string of the molecule is CCO[Si](CCCNC(=O)OCCCCCCOC(=O)/C=C/c1ccc(OC)cc1)(OCC)OCC. The molecule has 36 heavy (non-hydrogen) atoms. The fourth-order valence-electron chi connectivity index (χ4n) is 3.37. The Morgan fingerprint density at radius 1 is 0.833 bits per heavy atom. The maximum atomic E-state index is 11.9. The highest BCUT2D eigenvalue weighted by Gasteiger charge is 2.39. The van der Waals surface area contributed by atoms with E-state index in [1.807, 2.05) is 45.0 Å². The number of unbranched alkanes of at least 4 members (excludes halogenated alkanes) is 3. The molecule has 0 aromatic heterocycles. The van der Waals surface area contributed by atoms with Gasteiger partial charge < -0.3 is 32.8 Å². The van der Waals surface area contributed by atoms with E-state index in [9.17, 15) is 9.59 Å². The molecule has 204 valence electrons. The Hall–Kier alpha value is -2.40. The van der Waals surface area contributed by atoms with Crippen molar-refractivity contribution in [1.82, 2.24) is 5.32 Å². The molecule has 0 aliphatic carbocycles. The minimum absolute atomic E-state index is 0.353. The lowest BCUT2D eigenvalue weighted by atomic mass is 10.2. The van der Waals surface area contributed by atoms with Crippen molar-refractivity contribution >= 4 is 26.9 Å². The average Bonchev–Trinajstić information content (AvgIpc) is 2.87. The Morgan fingerprint density at radius 2 is 1.42 bits per heavy atom. The molecule has 1 rings (SSSR count). The van der Waals surface area contributed by atoms with Gasteiger partial charge in [0.15, 0.2) is 0 Å². The molecule has 0 unspecified atom stereocenters. The van der Waals surface area contributed by atoms with Crippen LogP contribution in [0.4, 0.5) is 4.79 Å². The summed E-state index contributed by atoms with van der Waals surface area (Å²) in [5, 5.41) is 2.76. The number of rotatable bonds is 20. The summed E-state index contributed by atoms with van der Waals surface area (Å²) < 4.78 is 32.9. The van der Waals surface area contributed by atoms with Gasteiger partial charge in [0.25, 0.3) is 0 Å². The number of ether oxygens (including phenoxy) is 3. The van der Waals surface area contributed by atoms with Crippen LogP contribution in [0.15, 0.2) is 30.3 Å². The number of carbonyl (C=O) groups is 2. The molecular formula is C26H43NO8Si. The van der Waals surface area contributed by atoms with Gasteiger partial charge >= 0.3 is 20.9 Å². The minimum atomic E-state index is -2.68. The number of benzene rings is 1. The molecule has 9 nitrogen and oxygen atoms in total. The van der Waals surface area contributed by atoms with Crippen molar-refractivity contribution in [1.29, 1.82) is 0 Å². The Labute approximate surface area is 216 Å². The number of carbonyl (C=O) groups excluding carboxylic acids is 2. The van der Waals surface area contributed by atoms with Crippen LogP contribution in [-0.4, -0.2) is 67.6 Å². The van der Waals surface area contributed by atoms with Gasteiger partial charge in [0.05, 0.1) is 20.3 Å². The normalized spacial score (nSPS) is 11.4. The van der Waals surface area contributed by atoms with Crippen LogP contribution in [0.3, 0.4) is 0 Å². The minimum Gasteiger partial charge on any atom is -0.497 e. The van der Waals surface area contributed by atoms with Crippen molar-refractivity contribution < 1.29 is 37.1 Å². The van der Waals surface area contributed by atoms with Gasteiger partial charge in [-0.15, -0.1) is 0 Å². The molecule has 1 aromatic rings. The first-order valence-corrected chi connectivity index (χ1v) is 14.7. The topological polar surface area (TPSA) is 102 Å². The maximum Gasteiger partial charge on any atom is 0.500 e. The van der Waals surface area contributed by atoms with Gasteiger partial charge in [-0.25, -0.2) is 9.59 Å². The standard InChI is InChI=1S/C26H43NO8Si/c1-5-33-36(34-6-2,35-7-3)22-12-19-27-26(29)32-21-11-9-8-10-20-31-25(28)18-15-23-13-16-24(30-4)17-14-23/h13-18H,5-12,19-22H2,1-4H3,(H,27,29)/b18-15+. The molecule has 1 amide bonds. The van der Waals surface area contributed by atoms with Crippen molar-refractivity contribution in [2.45, 2.75) is 58.9 Å². The summed E-state index contributed by atoms with van der Waals surface area (Å²) >= 11 is 0. The molecule has 0 saturated heterocycles. The van der Waals surface area contributed by atoms with Crippen LogP contribution in [0.1, 0.15) is 58.4 Å². The highest BCUT2D eigenvalue weighted by atomic mass is 28.4. The van der Waals surface area contributed by atoms with Crippen molar-refractivity contribution in [3.63, 3.8) is 0 Å². The third-order valence-corrected chi connectivity index (χ3v) is 8.22. The molecule has 1 aromatic carbocycles. The van der Waals surface area contributed by atoms with E-state index >= 15 is 0 Å². The first kappa shape index (κ1) is 31.6. The first-order chi connectivity index (χ1) is 17.5. The number of nitrogens with one attached hydrogen (secondary N) is 1. The van der Waals surface area contributed by atoms with Crippen molar-refractivity contribution in [2.24, 2.45) is 0 Å². The van der Waals surface area contributed by atoms with Crippen molar-refractivity contribution in [3.05, 3.63) is 35.9 Å². The molecule has 0 bridgehead atoms. The summed E-state index contributed by atoms with van der Waals surface area (Å²) in [4.78, 5) is 23.7. The fraction of sp³-hybridized carbons (Fsp3) is 0.615. The lowest BCUT2D eigenvalue weighted by molar-refractivity contribution is -0.137. The van der Waals surface area contributed by atoms with Crippen LogP contribution in [0.2, 0.25) is 6.04 Å². The summed E-state index contributed by atoms with van der Waals surface area (Å²) in [5.74, 6) is 0.400. The number of esters is 1. The molecule has 0 fully saturated rings. The Balaban J connectivity index is 2.06. The van der Waals surface area contributed by atoms with Crippen LogP contribution in [0.25, 0.3) is 6.08 Å². The average molecular weight is 526 g/mol. The van der Waals surface area contributed by atoms with Gasteiger partial charge in [0.2, 0.25) is 0 Å². The second kappa shape index (κ2) is 19.7. The molecular weight excluding hydrogens is 482 g/mol. The molecule has 0 saturated carbocycles. The quantitative estimate of drug-likeness (QED) is 0.110. The van der Waals surface area contributed by atoms with Crippen molar-refractivity contribution in [2.75, 3.05) is 46.7 Å². The monoisotopic (exact) mass is 525 g/mol. The lowest BCUT2D eigenvalue weighted by Crippen LogP contribution is -2.46. The third kappa shape index (κ3) is 14.2. The second-order valence-corrected chi connectivity index (χ2v) is 10.6. The summed E-state index contributed by atoms with van der Waals surface area (Å²) in [5.41, 5.74) is 0.897. The number of hydrogen-bond acceptors (Lipinski definition) is 8. The Kier molecular flexibility index (Phi) is 17.3. The predicted molar refractivity (Wildman–Crippen MR) is 141 cm³/mol. The van der Waals surface area contributed by atoms with Gasteiger partial charge in [-0.05, 0) is 76.6 Å². The molecule has 10 heteroatoms. The van der Waals surface area contributed by atoms with Crippen LogP contribution in [0.5, 0.6) is 5.75 Å². The summed E-state index contributed by atoms with van der Waals surface area (Å²) in [6.45, 7) is 8.55. The van der Waals surface area contributed by atoms with E-state index in [1.54, 1.807) is 13.2 Å². The molecule has 0 spiro atoms. The summed E-state index contributed by atoms with van der Waals surface area (Å²) in [6, 6.07) is 8.04. The molecule has 0 heterocycles. The van der Waals surface area contributed by atoms with E-state index in [0.29, 0.717) is 52.0 Å². The summed E-state index contributed by atoms with van der Waals surface area (Å²) in [7, 11) is -1.07. The molecule has 1 N–H and O–H groups in total. The van der Waals surface area contributed by atoms with Crippen LogP contribution < -0.4 is 10.1 Å². The molecule has 0 aliphatic rings. The number of methoxy groups -OCH3 is 1. The lowest BCUT2D eigenvalue weighted by Gasteiger charge is -2.28. The van der Waals surface area contributed by atoms with Gasteiger partial charge in [0.1, 0.15) is 5.75 Å². The summed E-state index contributed by atoms with van der Waals surface area (Å²) in [6.07, 6.45) is 6.68. The Morgan fingerprint density at radius 3 is 1.97 bits per heavy atom. The number of alkyl carbamates (subject to hydrolysis) is 1. The van der Waals surface area contributed by atoms with Crippen LogP contribution in [0, 0.1) is 0 Å². The number of amides is 1. The molecule has 0 atom stereocenters. The van der Waals surface area contributed by atoms with E-state index in [1.165, 1.54) is 6.08 Å². The predicted octanol–water partition coefficient (Wildman–Crippen LogP) is 4.98. The van der Waals surface area contributed by atoms with E-state index in [2.05, 4.69) is 5.32 Å². The molecule has 0 radical (unpaired) electrons. The van der Waals surface area contributed by atoms with Gasteiger partial charge in [-0.2, -0.15) is 0 Å². The highest BCUT2D eigenvalue weighted by molar-refractivity contribution is 6.60. The van der Waals surface area contributed by atoms with E-state index in [-0.39, 0.29) is 5.97 Å². The van der Waals surface area contributed by atoms with E-state index in [0.717, 1.165) is 37.0 Å². The zero-order valence-corrected chi connectivity index (χ0v) is 23.2. The zero-order valence-electron chi connectivity index (χ0n) is 22.2. The van der Waals surface area contributed by atoms with Crippen LogP contribution in [-0.2, 0) is 27.5 Å². The number of hydrogen-bond donors (Lipinski definition) is 1. The van der Waals surface area contributed by atoms with E-state index < -0.39 is 14.9 Å². The zero-order chi connectivity index (χ0) is 26.5. The van der Waals surface area contributed by atoms with E-state index in [4.69, 9.17) is 27.5 Å².